The standard InChI is InChI=1S/C32H39F2N5O3.C3H8/c1-5-28(41)38-14-7-10-22-24(37(4)25-12-11-21(17-27(25)40)20-8-6-9-20)13-15-39(26(22)18-38)31(42)23-16-19(2)29(32(3,33)34)36-30(23)35;1-3-2/h5,11-12,16-17,20,26,40H,1,6-10,13-15,18H2,2-4H3,(H2,35,36);3H2,1-2H3. The van der Waals surface area contributed by atoms with Gasteiger partial charge in [0.25, 0.3) is 11.8 Å². The zero-order valence-electron chi connectivity index (χ0n) is 27.2. The molecule has 2 amide bonds. The molecular weight excluding hydrogens is 576 g/mol. The van der Waals surface area contributed by atoms with Gasteiger partial charge in [0, 0.05) is 45.7 Å². The molecule has 1 aromatic carbocycles. The number of nitrogens with two attached hydrogens (primary N) is 1. The van der Waals surface area contributed by atoms with Crippen LogP contribution in [0.1, 0.15) is 98.8 Å². The van der Waals surface area contributed by atoms with Gasteiger partial charge in [-0.3, -0.25) is 9.59 Å². The van der Waals surface area contributed by atoms with Crippen molar-refractivity contribution in [1.29, 1.82) is 0 Å². The molecule has 244 valence electrons. The summed E-state index contributed by atoms with van der Waals surface area (Å²) in [7, 11) is 1.92. The quantitative estimate of drug-likeness (QED) is 0.340. The highest BCUT2D eigenvalue weighted by molar-refractivity contribution is 5.99. The normalized spacial score (nSPS) is 18.7. The van der Waals surface area contributed by atoms with Crippen LogP contribution in [0.5, 0.6) is 5.75 Å². The molecule has 0 spiro atoms. The van der Waals surface area contributed by atoms with Gasteiger partial charge in [-0.05, 0) is 79.5 Å². The molecule has 1 saturated heterocycles. The number of anilines is 2. The van der Waals surface area contributed by atoms with Gasteiger partial charge in [0.2, 0.25) is 5.91 Å². The number of halogens is 2. The van der Waals surface area contributed by atoms with Crippen LogP contribution in [-0.2, 0) is 10.7 Å². The second-order valence-electron chi connectivity index (χ2n) is 12.4. The van der Waals surface area contributed by atoms with Gasteiger partial charge in [0.15, 0.2) is 0 Å². The number of amides is 2. The molecule has 3 heterocycles. The Morgan fingerprint density at radius 3 is 2.44 bits per heavy atom. The van der Waals surface area contributed by atoms with Gasteiger partial charge in [-0.1, -0.05) is 39.3 Å². The highest BCUT2D eigenvalue weighted by Gasteiger charge is 2.39. The molecule has 45 heavy (non-hydrogen) atoms. The minimum atomic E-state index is -3.20. The van der Waals surface area contributed by atoms with Crippen molar-refractivity contribution in [2.45, 2.75) is 90.5 Å². The van der Waals surface area contributed by atoms with E-state index < -0.39 is 23.6 Å². The monoisotopic (exact) mass is 623 g/mol. The van der Waals surface area contributed by atoms with E-state index in [1.165, 1.54) is 31.9 Å². The number of hydrogen-bond donors (Lipinski definition) is 2. The van der Waals surface area contributed by atoms with E-state index in [0.717, 1.165) is 36.6 Å². The summed E-state index contributed by atoms with van der Waals surface area (Å²) in [6.45, 7) is 11.2. The van der Waals surface area contributed by atoms with E-state index in [2.05, 4.69) is 31.5 Å². The Kier molecular flexibility index (Phi) is 10.6. The summed E-state index contributed by atoms with van der Waals surface area (Å²) in [4.78, 5) is 36.0. The van der Waals surface area contributed by atoms with Gasteiger partial charge in [0.05, 0.1) is 17.3 Å². The molecule has 1 aromatic heterocycles. The van der Waals surface area contributed by atoms with E-state index in [1.807, 2.05) is 24.1 Å². The van der Waals surface area contributed by atoms with Gasteiger partial charge >= 0.3 is 0 Å². The van der Waals surface area contributed by atoms with Gasteiger partial charge in [0.1, 0.15) is 17.3 Å². The number of phenolic OH excluding ortho intramolecular Hbond substituents is 1. The zero-order chi connectivity index (χ0) is 33.1. The van der Waals surface area contributed by atoms with Gasteiger partial charge < -0.3 is 25.5 Å². The third-order valence-corrected chi connectivity index (χ3v) is 8.98. The maximum atomic E-state index is 14.1. The molecule has 10 heteroatoms. The number of carbonyl (C=O) groups is 2. The van der Waals surface area contributed by atoms with Crippen LogP contribution in [-0.4, -0.2) is 64.4 Å². The molecule has 3 aliphatic rings. The van der Waals surface area contributed by atoms with Crippen LogP contribution < -0.4 is 10.6 Å². The van der Waals surface area contributed by atoms with E-state index in [0.29, 0.717) is 44.0 Å². The number of rotatable bonds is 6. The van der Waals surface area contributed by atoms with E-state index in [1.54, 1.807) is 9.80 Å². The van der Waals surface area contributed by atoms with E-state index >= 15 is 0 Å². The Morgan fingerprint density at radius 2 is 1.87 bits per heavy atom. The molecule has 1 atom stereocenters. The number of hydrogen-bond acceptors (Lipinski definition) is 6. The van der Waals surface area contributed by atoms with E-state index in [9.17, 15) is 23.5 Å². The number of benzene rings is 1. The van der Waals surface area contributed by atoms with Gasteiger partial charge in [-0.15, -0.1) is 0 Å². The Balaban J connectivity index is 0.00000148. The maximum absolute atomic E-state index is 14.1. The fourth-order valence-corrected chi connectivity index (χ4v) is 6.52. The minimum absolute atomic E-state index is 0.0618. The molecule has 1 unspecified atom stereocenters. The summed E-state index contributed by atoms with van der Waals surface area (Å²) in [5, 5.41) is 11.0. The zero-order valence-corrected chi connectivity index (χ0v) is 27.2. The maximum Gasteiger partial charge on any atom is 0.287 e. The van der Waals surface area contributed by atoms with Crippen molar-refractivity contribution in [3.05, 3.63) is 70.6 Å². The molecule has 2 aromatic rings. The number of likely N-dealkylation sites (tertiary alicyclic amines) is 1. The first-order valence-electron chi connectivity index (χ1n) is 16.0. The third-order valence-electron chi connectivity index (χ3n) is 8.98. The van der Waals surface area contributed by atoms with Crippen molar-refractivity contribution < 1.29 is 23.5 Å². The Morgan fingerprint density at radius 1 is 1.18 bits per heavy atom. The molecule has 8 nitrogen and oxygen atoms in total. The van der Waals surface area contributed by atoms with Crippen LogP contribution in [0.2, 0.25) is 0 Å². The fraction of sp³-hybridized carbons (Fsp3) is 0.514. The second-order valence-corrected chi connectivity index (χ2v) is 12.4. The number of aromatic hydroxyl groups is 1. The molecule has 0 bridgehead atoms. The lowest BCUT2D eigenvalue weighted by Crippen LogP contribution is -2.51. The van der Waals surface area contributed by atoms with Crippen molar-refractivity contribution >= 4 is 23.3 Å². The molecule has 1 saturated carbocycles. The van der Waals surface area contributed by atoms with Crippen LogP contribution in [0.4, 0.5) is 20.3 Å². The number of nitrogen functional groups attached to an aromatic ring is 1. The van der Waals surface area contributed by atoms with Crippen LogP contribution in [0.15, 0.2) is 48.2 Å². The van der Waals surface area contributed by atoms with E-state index in [4.69, 9.17) is 5.73 Å². The summed E-state index contributed by atoms with van der Waals surface area (Å²) in [5.41, 5.74) is 9.69. The largest absolute Gasteiger partial charge is 0.506 e. The van der Waals surface area contributed by atoms with Crippen LogP contribution in [0, 0.1) is 6.92 Å². The number of fused-ring (bicyclic) bond motifs is 1. The molecule has 0 radical (unpaired) electrons. The summed E-state index contributed by atoms with van der Waals surface area (Å²) in [6.07, 6.45) is 7.85. The molecule has 1 aliphatic carbocycles. The van der Waals surface area contributed by atoms with Crippen LogP contribution >= 0.6 is 0 Å². The lowest BCUT2D eigenvalue weighted by atomic mass is 9.80. The van der Waals surface area contributed by atoms with Crippen LogP contribution in [0.25, 0.3) is 0 Å². The summed E-state index contributed by atoms with van der Waals surface area (Å²) >= 11 is 0. The van der Waals surface area contributed by atoms with Crippen molar-refractivity contribution in [3.63, 3.8) is 0 Å². The number of aromatic nitrogens is 1. The molecule has 3 N–H and O–H groups in total. The minimum Gasteiger partial charge on any atom is -0.506 e. The number of carbonyl (C=O) groups excluding carboxylic acids is 2. The predicted octanol–water partition coefficient (Wildman–Crippen LogP) is 6.89. The summed E-state index contributed by atoms with van der Waals surface area (Å²) < 4.78 is 28.2. The SMILES string of the molecule is C=CC(=O)N1CCCC2=C(N(C)c3ccc(C4CCC4)cc3O)CCN(C(=O)c3cc(C)c(C(C)(F)F)nc3N)C2C1.CCC. The number of alkyl halides is 2. The van der Waals surface area contributed by atoms with Gasteiger partial charge in [-0.25, -0.2) is 4.98 Å². The van der Waals surface area contributed by atoms with E-state index in [-0.39, 0.29) is 35.1 Å². The third kappa shape index (κ3) is 7.15. The summed E-state index contributed by atoms with van der Waals surface area (Å²) in [5.74, 6) is -3.38. The first-order valence-corrected chi connectivity index (χ1v) is 16.0. The Hall–Kier alpha value is -3.95. The average Bonchev–Trinajstić information content (AvgIpc) is 3.19. The lowest BCUT2D eigenvalue weighted by molar-refractivity contribution is -0.126. The van der Waals surface area contributed by atoms with Crippen molar-refractivity contribution in [1.82, 2.24) is 14.8 Å². The van der Waals surface area contributed by atoms with Crippen molar-refractivity contribution in [3.8, 4) is 5.75 Å². The smallest absolute Gasteiger partial charge is 0.287 e. The first kappa shape index (κ1) is 33.9. The topological polar surface area (TPSA) is 103 Å². The number of phenols is 1. The molecule has 2 aliphatic heterocycles. The van der Waals surface area contributed by atoms with Crippen molar-refractivity contribution in [2.75, 3.05) is 37.3 Å². The average molecular weight is 624 g/mol. The van der Waals surface area contributed by atoms with Crippen molar-refractivity contribution in [2.24, 2.45) is 0 Å². The number of pyridine rings is 1. The molecule has 5 rings (SSSR count). The van der Waals surface area contributed by atoms with Gasteiger partial charge in [-0.2, -0.15) is 8.78 Å². The highest BCUT2D eigenvalue weighted by Crippen LogP contribution is 2.42. The predicted molar refractivity (Wildman–Crippen MR) is 174 cm³/mol. The fourth-order valence-electron chi connectivity index (χ4n) is 6.52. The summed E-state index contributed by atoms with van der Waals surface area (Å²) in [6, 6.07) is 6.80. The molecular formula is C35H47F2N5O3. The Bertz CT molecular complexity index is 1460. The highest BCUT2D eigenvalue weighted by atomic mass is 19.3. The lowest BCUT2D eigenvalue weighted by Gasteiger charge is -2.42. The number of nitrogens with zero attached hydrogens (tertiary/aromatic N) is 4. The first-order chi connectivity index (χ1) is 21.3. The molecule has 2 fully saturated rings. The Labute approximate surface area is 265 Å². The second kappa shape index (κ2) is 14.0. The van der Waals surface area contributed by atoms with Crippen LogP contribution in [0.3, 0.4) is 0 Å². The number of aryl methyl sites for hydroxylation is 1.